The maximum atomic E-state index is 12.3. The lowest BCUT2D eigenvalue weighted by molar-refractivity contribution is -0.136. The zero-order valence-electron chi connectivity index (χ0n) is 15.0. The van der Waals surface area contributed by atoms with Crippen LogP contribution in [0.25, 0.3) is 11.0 Å². The van der Waals surface area contributed by atoms with Crippen molar-refractivity contribution in [3.8, 4) is 23.6 Å². The molecule has 3 rings (SSSR count). The first kappa shape index (κ1) is 19.5. The van der Waals surface area contributed by atoms with E-state index in [1.807, 2.05) is 6.07 Å². The van der Waals surface area contributed by atoms with Gasteiger partial charge in [0.05, 0.1) is 11.6 Å². The molecule has 3 aromatic rings. The van der Waals surface area contributed by atoms with Gasteiger partial charge in [0, 0.05) is 6.07 Å². The lowest BCUT2D eigenvalue weighted by atomic mass is 10.2. The summed E-state index contributed by atoms with van der Waals surface area (Å²) in [5.74, 6) is 0.634. The highest BCUT2D eigenvalue weighted by Gasteiger charge is 2.15. The molecule has 1 unspecified atom stereocenters. The van der Waals surface area contributed by atoms with Crippen LogP contribution in [-0.4, -0.2) is 25.8 Å². The summed E-state index contributed by atoms with van der Waals surface area (Å²) in [5.41, 5.74) is 0.295. The number of fused-ring (bicyclic) bond motifs is 1. The fourth-order valence-electron chi connectivity index (χ4n) is 2.56. The first-order chi connectivity index (χ1) is 14.1. The Hall–Kier alpha value is -4.30. The van der Waals surface area contributed by atoms with E-state index < -0.39 is 11.5 Å². The van der Waals surface area contributed by atoms with Crippen molar-refractivity contribution in [1.29, 1.82) is 10.5 Å². The van der Waals surface area contributed by atoms with Crippen molar-refractivity contribution in [2.24, 2.45) is 0 Å². The molecule has 0 amide bonds. The van der Waals surface area contributed by atoms with E-state index in [2.05, 4.69) is 0 Å². The Balaban J connectivity index is 1.71. The molecule has 0 fully saturated rings. The van der Waals surface area contributed by atoms with Gasteiger partial charge in [-0.15, -0.1) is 0 Å². The summed E-state index contributed by atoms with van der Waals surface area (Å²) >= 11 is 0. The molecule has 1 heterocycles. The average molecular weight is 390 g/mol. The number of nitriles is 2. The fraction of sp³-hybridized carbons (Fsp3) is 0.143. The molecule has 0 aliphatic carbocycles. The maximum Gasteiger partial charge on any atom is 0.293 e. The van der Waals surface area contributed by atoms with Gasteiger partial charge < -0.3 is 18.6 Å². The van der Waals surface area contributed by atoms with Gasteiger partial charge in [-0.05, 0) is 36.4 Å². The van der Waals surface area contributed by atoms with Gasteiger partial charge in [0.2, 0.25) is 5.76 Å². The van der Waals surface area contributed by atoms with Crippen molar-refractivity contribution >= 4 is 17.4 Å². The predicted molar refractivity (Wildman–Crippen MR) is 100 cm³/mol. The van der Waals surface area contributed by atoms with Crippen LogP contribution in [0.1, 0.15) is 11.3 Å². The van der Waals surface area contributed by atoms with E-state index in [4.69, 9.17) is 29.2 Å². The molecule has 0 bridgehead atoms. The molecule has 0 saturated heterocycles. The monoisotopic (exact) mass is 390 g/mol. The molecule has 1 atom stereocenters. The van der Waals surface area contributed by atoms with E-state index in [9.17, 15) is 9.59 Å². The Morgan fingerprint density at radius 2 is 1.79 bits per heavy atom. The molecule has 144 valence electrons. The van der Waals surface area contributed by atoms with E-state index in [1.54, 1.807) is 48.5 Å². The molecular weight excluding hydrogens is 376 g/mol. The number of rotatable bonds is 8. The van der Waals surface area contributed by atoms with Gasteiger partial charge in [0.25, 0.3) is 6.47 Å². The van der Waals surface area contributed by atoms with Crippen molar-refractivity contribution < 1.29 is 23.4 Å². The summed E-state index contributed by atoms with van der Waals surface area (Å²) in [4.78, 5) is 23.1. The van der Waals surface area contributed by atoms with Crippen molar-refractivity contribution in [1.82, 2.24) is 0 Å². The third-order valence-electron chi connectivity index (χ3n) is 3.92. The minimum absolute atomic E-state index is 0.00257. The lowest BCUT2D eigenvalue weighted by Crippen LogP contribution is -2.28. The zero-order chi connectivity index (χ0) is 20.6. The fourth-order valence-corrected chi connectivity index (χ4v) is 2.56. The molecule has 0 spiro atoms. The highest BCUT2D eigenvalue weighted by atomic mass is 16.6. The molecule has 0 saturated carbocycles. The van der Waals surface area contributed by atoms with Gasteiger partial charge in [-0.3, -0.25) is 9.59 Å². The number of carbonyl (C=O) groups excluding carboxylic acids is 1. The number of hydrogen-bond donors (Lipinski definition) is 0. The number of carbonyl (C=O) groups is 1. The molecule has 0 radical (unpaired) electrons. The standard InChI is InChI=1S/C21H14N2O6/c22-9-14-4-6-15(7-5-14)26-11-17(28-13-24)12-27-19-2-1-3-20-21(19)18(25)8-16(10-23)29-20/h1-8,13,17H,11-12H2. The molecule has 0 aliphatic rings. The van der Waals surface area contributed by atoms with Gasteiger partial charge >= 0.3 is 0 Å². The quantitative estimate of drug-likeness (QED) is 0.538. The van der Waals surface area contributed by atoms with Crippen molar-refractivity contribution in [3.63, 3.8) is 0 Å². The second kappa shape index (κ2) is 9.07. The summed E-state index contributed by atoms with van der Waals surface area (Å²) in [6, 6.07) is 16.1. The molecule has 29 heavy (non-hydrogen) atoms. The Bertz CT molecular complexity index is 1150. The number of benzene rings is 2. The molecule has 1 aromatic heterocycles. The lowest BCUT2D eigenvalue weighted by Gasteiger charge is -2.17. The van der Waals surface area contributed by atoms with Crippen LogP contribution in [0.3, 0.4) is 0 Å². The third kappa shape index (κ3) is 4.71. The average Bonchev–Trinajstić information content (AvgIpc) is 2.75. The number of nitrogens with zero attached hydrogens (tertiary/aromatic N) is 2. The highest BCUT2D eigenvalue weighted by Crippen LogP contribution is 2.23. The predicted octanol–water partition coefficient (Wildman–Crippen LogP) is 2.54. The first-order valence-electron chi connectivity index (χ1n) is 8.46. The van der Waals surface area contributed by atoms with Crippen LogP contribution in [0.2, 0.25) is 0 Å². The van der Waals surface area contributed by atoms with Crippen LogP contribution in [0.4, 0.5) is 0 Å². The van der Waals surface area contributed by atoms with Crippen LogP contribution >= 0.6 is 0 Å². The van der Waals surface area contributed by atoms with E-state index in [0.717, 1.165) is 6.07 Å². The van der Waals surface area contributed by atoms with Gasteiger partial charge in [0.1, 0.15) is 41.8 Å². The molecule has 0 N–H and O–H groups in total. The van der Waals surface area contributed by atoms with Crippen molar-refractivity contribution in [2.45, 2.75) is 6.10 Å². The van der Waals surface area contributed by atoms with E-state index in [1.165, 1.54) is 0 Å². The minimum atomic E-state index is -0.746. The summed E-state index contributed by atoms with van der Waals surface area (Å²) < 4.78 is 21.5. The summed E-state index contributed by atoms with van der Waals surface area (Å²) in [6.07, 6.45) is -0.746. The van der Waals surface area contributed by atoms with E-state index >= 15 is 0 Å². The van der Waals surface area contributed by atoms with Crippen molar-refractivity contribution in [2.75, 3.05) is 13.2 Å². The minimum Gasteiger partial charge on any atom is -0.490 e. The van der Waals surface area contributed by atoms with Gasteiger partial charge in [0.15, 0.2) is 11.5 Å². The Morgan fingerprint density at radius 3 is 2.48 bits per heavy atom. The Kier molecular flexibility index (Phi) is 6.08. The van der Waals surface area contributed by atoms with Gasteiger partial charge in [-0.2, -0.15) is 10.5 Å². The SMILES string of the molecule is N#Cc1ccc(OCC(COc2cccc3oc(C#N)cc(=O)c23)OC=O)cc1. The molecular formula is C21H14N2O6. The topological polar surface area (TPSA) is 123 Å². The normalized spacial score (nSPS) is 11.1. The second-order valence-electron chi connectivity index (χ2n) is 5.83. The second-order valence-corrected chi connectivity index (χ2v) is 5.83. The maximum absolute atomic E-state index is 12.3. The Morgan fingerprint density at radius 1 is 1.03 bits per heavy atom. The smallest absolute Gasteiger partial charge is 0.293 e. The zero-order valence-corrected chi connectivity index (χ0v) is 15.0. The van der Waals surface area contributed by atoms with Crippen LogP contribution < -0.4 is 14.9 Å². The van der Waals surface area contributed by atoms with Crippen LogP contribution in [0.5, 0.6) is 11.5 Å². The molecule has 8 nitrogen and oxygen atoms in total. The van der Waals surface area contributed by atoms with Gasteiger partial charge in [-0.1, -0.05) is 6.07 Å². The molecule has 0 aliphatic heterocycles. The van der Waals surface area contributed by atoms with Crippen LogP contribution in [-0.2, 0) is 9.53 Å². The number of hydrogen-bond acceptors (Lipinski definition) is 8. The van der Waals surface area contributed by atoms with E-state index in [-0.39, 0.29) is 42.2 Å². The van der Waals surface area contributed by atoms with Crippen LogP contribution in [0.15, 0.2) is 57.7 Å². The summed E-state index contributed by atoms with van der Waals surface area (Å²) in [5, 5.41) is 17.9. The summed E-state index contributed by atoms with van der Waals surface area (Å²) in [7, 11) is 0. The molecule has 8 heteroatoms. The third-order valence-corrected chi connectivity index (χ3v) is 3.92. The van der Waals surface area contributed by atoms with Crippen molar-refractivity contribution in [3.05, 3.63) is 70.1 Å². The highest BCUT2D eigenvalue weighted by molar-refractivity contribution is 5.83. The molecule has 2 aromatic carbocycles. The Labute approximate surface area is 165 Å². The largest absolute Gasteiger partial charge is 0.490 e. The van der Waals surface area contributed by atoms with E-state index in [0.29, 0.717) is 11.3 Å². The number of ether oxygens (including phenoxy) is 3. The van der Waals surface area contributed by atoms with Gasteiger partial charge in [-0.25, -0.2) is 0 Å². The first-order valence-corrected chi connectivity index (χ1v) is 8.46. The van der Waals surface area contributed by atoms with Crippen LogP contribution in [0, 0.1) is 22.7 Å². The summed E-state index contributed by atoms with van der Waals surface area (Å²) in [6.45, 7) is 0.211.